The molecule has 2 saturated carbocycles. The molecule has 0 aliphatic heterocycles. The highest BCUT2D eigenvalue weighted by molar-refractivity contribution is 5.10. The minimum atomic E-state index is 1.12. The van der Waals surface area contributed by atoms with Gasteiger partial charge in [0, 0.05) is 0 Å². The maximum atomic E-state index is 8.00. The van der Waals surface area contributed by atoms with E-state index in [9.17, 15) is 0 Å². The van der Waals surface area contributed by atoms with Gasteiger partial charge in [-0.05, 0) is 37.0 Å². The summed E-state index contributed by atoms with van der Waals surface area (Å²) in [6.45, 7) is 4.32. The highest BCUT2D eigenvalue weighted by atomic mass is 16.1. The van der Waals surface area contributed by atoms with Gasteiger partial charge in [-0.25, -0.2) is 0 Å². The van der Waals surface area contributed by atoms with Crippen LogP contribution < -0.4 is 0 Å². The van der Waals surface area contributed by atoms with Gasteiger partial charge in [0.1, 0.15) is 6.79 Å². The SMILES string of the molecule is C=O.CCCC1CCC2CC2C1. The fourth-order valence-electron chi connectivity index (χ4n) is 2.62. The summed E-state index contributed by atoms with van der Waals surface area (Å²) in [5.41, 5.74) is 0. The molecule has 0 heterocycles. The lowest BCUT2D eigenvalue weighted by atomic mass is 9.86. The summed E-state index contributed by atoms with van der Waals surface area (Å²) in [5, 5.41) is 0. The van der Waals surface area contributed by atoms with Gasteiger partial charge in [0.05, 0.1) is 0 Å². The molecule has 0 radical (unpaired) electrons. The summed E-state index contributed by atoms with van der Waals surface area (Å²) in [5.74, 6) is 3.49. The van der Waals surface area contributed by atoms with E-state index in [-0.39, 0.29) is 0 Å². The molecule has 0 saturated heterocycles. The normalized spacial score (nSPS) is 37.6. The van der Waals surface area contributed by atoms with E-state index in [0.29, 0.717) is 0 Å². The Morgan fingerprint density at radius 1 is 1.17 bits per heavy atom. The Labute approximate surface area is 75.5 Å². The molecule has 0 aromatic carbocycles. The molecule has 2 fully saturated rings. The average molecular weight is 168 g/mol. The first-order valence-electron chi connectivity index (χ1n) is 5.19. The van der Waals surface area contributed by atoms with Crippen LogP contribution >= 0.6 is 0 Å². The van der Waals surface area contributed by atoms with Crippen LogP contribution in [0.2, 0.25) is 0 Å². The van der Waals surface area contributed by atoms with Gasteiger partial charge in [-0.15, -0.1) is 0 Å². The van der Waals surface area contributed by atoms with Crippen LogP contribution in [-0.2, 0) is 4.79 Å². The molecule has 2 aliphatic rings. The second kappa shape index (κ2) is 4.64. The maximum Gasteiger partial charge on any atom is 0.106 e. The molecule has 0 aromatic rings. The van der Waals surface area contributed by atoms with Crippen molar-refractivity contribution < 1.29 is 4.79 Å². The highest BCUT2D eigenvalue weighted by Crippen LogP contribution is 2.52. The van der Waals surface area contributed by atoms with E-state index in [4.69, 9.17) is 4.79 Å². The van der Waals surface area contributed by atoms with Crippen LogP contribution in [0.5, 0.6) is 0 Å². The summed E-state index contributed by atoms with van der Waals surface area (Å²) in [6, 6.07) is 0. The number of hydrogen-bond acceptors (Lipinski definition) is 1. The van der Waals surface area contributed by atoms with Crippen molar-refractivity contribution in [1.29, 1.82) is 0 Å². The van der Waals surface area contributed by atoms with Gasteiger partial charge < -0.3 is 4.79 Å². The Kier molecular flexibility index (Phi) is 3.77. The lowest BCUT2D eigenvalue weighted by molar-refractivity contribution is -0.0979. The van der Waals surface area contributed by atoms with E-state index in [0.717, 1.165) is 5.92 Å². The summed E-state index contributed by atoms with van der Waals surface area (Å²) >= 11 is 0. The minimum absolute atomic E-state index is 1.12. The molecular weight excluding hydrogens is 148 g/mol. The number of fused-ring (bicyclic) bond motifs is 1. The van der Waals surface area contributed by atoms with Crippen molar-refractivity contribution in [3.63, 3.8) is 0 Å². The lowest BCUT2D eigenvalue weighted by Gasteiger charge is -2.19. The number of carbonyl (C=O) groups excluding carboxylic acids is 1. The first kappa shape index (κ1) is 9.76. The standard InChI is InChI=1S/C10H18.CH2O/c1-2-3-8-4-5-9-7-10(9)6-8;1-2/h8-10H,2-7H2,1H3;1H2. The predicted molar refractivity (Wildman–Crippen MR) is 51.0 cm³/mol. The molecule has 1 nitrogen and oxygen atoms in total. The first-order valence-corrected chi connectivity index (χ1v) is 5.19. The van der Waals surface area contributed by atoms with Crippen molar-refractivity contribution in [2.24, 2.45) is 17.8 Å². The molecule has 2 aliphatic carbocycles. The topological polar surface area (TPSA) is 17.1 Å². The Balaban J connectivity index is 0.000000336. The van der Waals surface area contributed by atoms with Gasteiger partial charge in [0.2, 0.25) is 0 Å². The van der Waals surface area contributed by atoms with Gasteiger partial charge in [-0.1, -0.05) is 26.2 Å². The van der Waals surface area contributed by atoms with E-state index in [1.807, 2.05) is 6.79 Å². The molecule has 3 unspecified atom stereocenters. The van der Waals surface area contributed by atoms with Crippen LogP contribution in [0.25, 0.3) is 0 Å². The van der Waals surface area contributed by atoms with E-state index in [2.05, 4.69) is 6.92 Å². The van der Waals surface area contributed by atoms with Crippen LogP contribution in [0.15, 0.2) is 0 Å². The van der Waals surface area contributed by atoms with Gasteiger partial charge in [0.15, 0.2) is 0 Å². The van der Waals surface area contributed by atoms with E-state index in [1.165, 1.54) is 24.7 Å². The monoisotopic (exact) mass is 168 g/mol. The summed E-state index contributed by atoms with van der Waals surface area (Å²) in [7, 11) is 0. The Morgan fingerprint density at radius 2 is 1.92 bits per heavy atom. The van der Waals surface area contributed by atoms with Crippen molar-refractivity contribution >= 4 is 6.79 Å². The van der Waals surface area contributed by atoms with Crippen molar-refractivity contribution in [2.75, 3.05) is 0 Å². The molecule has 0 bridgehead atoms. The van der Waals surface area contributed by atoms with Gasteiger partial charge in [-0.2, -0.15) is 0 Å². The Hall–Kier alpha value is -0.330. The smallest absolute Gasteiger partial charge is 0.106 e. The Bertz CT molecular complexity index is 133. The zero-order valence-electron chi connectivity index (χ0n) is 8.09. The van der Waals surface area contributed by atoms with Crippen molar-refractivity contribution in [1.82, 2.24) is 0 Å². The van der Waals surface area contributed by atoms with Crippen LogP contribution in [-0.4, -0.2) is 6.79 Å². The zero-order chi connectivity index (χ0) is 8.97. The van der Waals surface area contributed by atoms with Gasteiger partial charge in [0.25, 0.3) is 0 Å². The molecule has 1 heteroatoms. The zero-order valence-corrected chi connectivity index (χ0v) is 8.09. The molecule has 3 atom stereocenters. The molecule has 12 heavy (non-hydrogen) atoms. The molecule has 0 spiro atoms. The van der Waals surface area contributed by atoms with E-state index in [1.54, 1.807) is 25.7 Å². The minimum Gasteiger partial charge on any atom is -0.307 e. The highest BCUT2D eigenvalue weighted by Gasteiger charge is 2.41. The molecule has 0 N–H and O–H groups in total. The Morgan fingerprint density at radius 3 is 2.50 bits per heavy atom. The predicted octanol–water partition coefficient (Wildman–Crippen LogP) is 3.04. The third kappa shape index (κ3) is 2.33. The fourth-order valence-corrected chi connectivity index (χ4v) is 2.62. The second-order valence-corrected chi connectivity index (χ2v) is 4.22. The lowest BCUT2D eigenvalue weighted by Crippen LogP contribution is -2.07. The van der Waals surface area contributed by atoms with Crippen LogP contribution in [0.3, 0.4) is 0 Å². The quantitative estimate of drug-likeness (QED) is 0.619. The third-order valence-corrected chi connectivity index (χ3v) is 3.35. The number of carbonyl (C=O) groups is 1. The molecule has 0 aromatic heterocycles. The summed E-state index contributed by atoms with van der Waals surface area (Å²) < 4.78 is 0. The number of rotatable bonds is 2. The van der Waals surface area contributed by atoms with Crippen LogP contribution in [0.1, 0.15) is 45.4 Å². The van der Waals surface area contributed by atoms with Crippen LogP contribution in [0, 0.1) is 17.8 Å². The molecule has 0 amide bonds. The first-order chi connectivity index (χ1) is 5.90. The maximum absolute atomic E-state index is 8.00. The van der Waals surface area contributed by atoms with Crippen molar-refractivity contribution in [3.8, 4) is 0 Å². The van der Waals surface area contributed by atoms with Crippen molar-refractivity contribution in [3.05, 3.63) is 0 Å². The second-order valence-electron chi connectivity index (χ2n) is 4.22. The third-order valence-electron chi connectivity index (χ3n) is 3.35. The van der Waals surface area contributed by atoms with E-state index < -0.39 is 0 Å². The van der Waals surface area contributed by atoms with Crippen LogP contribution in [0.4, 0.5) is 0 Å². The fraction of sp³-hybridized carbons (Fsp3) is 0.909. The van der Waals surface area contributed by atoms with E-state index >= 15 is 0 Å². The summed E-state index contributed by atoms with van der Waals surface area (Å²) in [4.78, 5) is 8.00. The largest absolute Gasteiger partial charge is 0.307 e. The van der Waals surface area contributed by atoms with Crippen molar-refractivity contribution in [2.45, 2.75) is 45.4 Å². The molecule has 2 rings (SSSR count). The molecular formula is C11H20O. The number of hydrogen-bond donors (Lipinski definition) is 0. The molecule has 70 valence electrons. The summed E-state index contributed by atoms with van der Waals surface area (Å²) in [6.07, 6.45) is 9.19. The van der Waals surface area contributed by atoms with Gasteiger partial charge >= 0.3 is 0 Å². The van der Waals surface area contributed by atoms with Gasteiger partial charge in [-0.3, -0.25) is 0 Å². The average Bonchev–Trinajstić information content (AvgIpc) is 2.87.